The number of carbonyl (C=O) groups is 2. The van der Waals surface area contributed by atoms with Crippen LogP contribution in [0.1, 0.15) is 27.2 Å². The van der Waals surface area contributed by atoms with Gasteiger partial charge in [0.25, 0.3) is 10.2 Å². The Bertz CT molecular complexity index is 470. The Morgan fingerprint density at radius 2 is 1.62 bits per heavy atom. The highest BCUT2D eigenvalue weighted by Gasteiger charge is 2.22. The molecule has 0 spiro atoms. The van der Waals surface area contributed by atoms with Crippen LogP contribution in [0.15, 0.2) is 0 Å². The number of nitrogens with zero attached hydrogens (tertiary/aromatic N) is 2. The van der Waals surface area contributed by atoms with Crippen LogP contribution < -0.4 is 9.44 Å². The van der Waals surface area contributed by atoms with E-state index in [0.29, 0.717) is 26.2 Å². The highest BCUT2D eigenvalue weighted by atomic mass is 32.2. The fraction of sp³-hybridized carbons (Fsp3) is 0.833. The van der Waals surface area contributed by atoms with Gasteiger partial charge in [-0.05, 0) is 13.8 Å². The smallest absolute Gasteiger partial charge is 0.277 e. The largest absolute Gasteiger partial charge is 0.339 e. The molecule has 0 aromatic rings. The zero-order chi connectivity index (χ0) is 16.0. The molecule has 0 aromatic carbocycles. The van der Waals surface area contributed by atoms with Crippen molar-refractivity contribution in [3.05, 3.63) is 0 Å². The molecule has 1 rings (SSSR count). The lowest BCUT2D eigenvalue weighted by molar-refractivity contribution is -0.138. The fourth-order valence-corrected chi connectivity index (χ4v) is 3.15. The zero-order valence-electron chi connectivity index (χ0n) is 12.8. The molecule has 21 heavy (non-hydrogen) atoms. The predicted octanol–water partition coefficient (Wildman–Crippen LogP) is -1.10. The van der Waals surface area contributed by atoms with Gasteiger partial charge in [0.1, 0.15) is 0 Å². The lowest BCUT2D eigenvalue weighted by Crippen LogP contribution is -2.50. The summed E-state index contributed by atoms with van der Waals surface area (Å²) >= 11 is 0. The zero-order valence-corrected chi connectivity index (χ0v) is 13.6. The lowest BCUT2D eigenvalue weighted by atomic mass is 10.3. The predicted molar refractivity (Wildman–Crippen MR) is 78.6 cm³/mol. The highest BCUT2D eigenvalue weighted by molar-refractivity contribution is 7.87. The van der Waals surface area contributed by atoms with Gasteiger partial charge in [-0.1, -0.05) is 0 Å². The summed E-state index contributed by atoms with van der Waals surface area (Å²) < 4.78 is 27.8. The van der Waals surface area contributed by atoms with Gasteiger partial charge in [-0.3, -0.25) is 9.59 Å². The van der Waals surface area contributed by atoms with Gasteiger partial charge in [0.05, 0.1) is 0 Å². The van der Waals surface area contributed by atoms with E-state index in [2.05, 4.69) is 9.44 Å². The molecular weight excluding hydrogens is 296 g/mol. The average molecular weight is 320 g/mol. The molecule has 8 nitrogen and oxygen atoms in total. The Morgan fingerprint density at radius 3 is 2.10 bits per heavy atom. The quantitative estimate of drug-likeness (QED) is 0.649. The Kier molecular flexibility index (Phi) is 6.56. The van der Waals surface area contributed by atoms with Gasteiger partial charge in [-0.15, -0.1) is 0 Å². The third kappa shape index (κ3) is 6.40. The first-order valence-electron chi connectivity index (χ1n) is 7.01. The van der Waals surface area contributed by atoms with E-state index in [0.717, 1.165) is 0 Å². The molecular formula is C12H24N4O4S. The number of nitrogens with one attached hydrogen (secondary N) is 2. The highest BCUT2D eigenvalue weighted by Crippen LogP contribution is 2.03. The van der Waals surface area contributed by atoms with E-state index in [-0.39, 0.29) is 30.8 Å². The third-order valence-electron chi connectivity index (χ3n) is 3.10. The molecule has 1 aliphatic rings. The summed E-state index contributed by atoms with van der Waals surface area (Å²) in [5.74, 6) is -0.0972. The SMILES string of the molecule is CC(=O)N1CCN(C(=O)CCNS(=O)(=O)NC(C)C)CC1. The Labute approximate surface area is 126 Å². The van der Waals surface area contributed by atoms with Gasteiger partial charge in [-0.25, -0.2) is 4.72 Å². The molecule has 0 aliphatic carbocycles. The maximum absolute atomic E-state index is 11.9. The minimum absolute atomic E-state index is 0.00891. The monoisotopic (exact) mass is 320 g/mol. The van der Waals surface area contributed by atoms with Gasteiger partial charge in [-0.2, -0.15) is 13.1 Å². The van der Waals surface area contributed by atoms with Crippen LogP contribution >= 0.6 is 0 Å². The summed E-state index contributed by atoms with van der Waals surface area (Å²) in [5, 5.41) is 0. The van der Waals surface area contributed by atoms with Crippen molar-refractivity contribution in [1.29, 1.82) is 0 Å². The van der Waals surface area contributed by atoms with Crippen LogP contribution in [0.5, 0.6) is 0 Å². The molecule has 2 amide bonds. The van der Waals surface area contributed by atoms with E-state index in [9.17, 15) is 18.0 Å². The number of amides is 2. The second-order valence-electron chi connectivity index (χ2n) is 5.31. The van der Waals surface area contributed by atoms with E-state index < -0.39 is 10.2 Å². The molecule has 122 valence electrons. The van der Waals surface area contributed by atoms with Crippen LogP contribution in [-0.4, -0.2) is 68.8 Å². The van der Waals surface area contributed by atoms with Crippen LogP contribution in [0.3, 0.4) is 0 Å². The van der Waals surface area contributed by atoms with Crippen molar-refractivity contribution in [2.24, 2.45) is 0 Å². The standard InChI is InChI=1S/C12H24N4O4S/c1-10(2)14-21(19,20)13-5-4-12(18)16-8-6-15(7-9-16)11(3)17/h10,13-14H,4-9H2,1-3H3. The topological polar surface area (TPSA) is 98.8 Å². The lowest BCUT2D eigenvalue weighted by Gasteiger charge is -2.34. The minimum Gasteiger partial charge on any atom is -0.339 e. The van der Waals surface area contributed by atoms with Gasteiger partial charge in [0.15, 0.2) is 0 Å². The van der Waals surface area contributed by atoms with Gasteiger partial charge in [0.2, 0.25) is 11.8 Å². The van der Waals surface area contributed by atoms with Crippen LogP contribution in [-0.2, 0) is 19.8 Å². The van der Waals surface area contributed by atoms with E-state index in [1.807, 2.05) is 0 Å². The average Bonchev–Trinajstić information content (AvgIpc) is 2.36. The van der Waals surface area contributed by atoms with Crippen molar-refractivity contribution < 1.29 is 18.0 Å². The molecule has 1 saturated heterocycles. The first-order valence-corrected chi connectivity index (χ1v) is 8.50. The van der Waals surface area contributed by atoms with Crippen molar-refractivity contribution in [3.63, 3.8) is 0 Å². The minimum atomic E-state index is -3.55. The molecule has 1 heterocycles. The van der Waals surface area contributed by atoms with Crippen molar-refractivity contribution in [2.45, 2.75) is 33.2 Å². The molecule has 0 saturated carbocycles. The molecule has 0 bridgehead atoms. The summed E-state index contributed by atoms with van der Waals surface area (Å²) in [6, 6.07) is -0.196. The van der Waals surface area contributed by atoms with Crippen molar-refractivity contribution in [2.75, 3.05) is 32.7 Å². The van der Waals surface area contributed by atoms with Crippen LogP contribution in [0, 0.1) is 0 Å². The molecule has 2 N–H and O–H groups in total. The number of hydrogen-bond acceptors (Lipinski definition) is 4. The molecule has 1 fully saturated rings. The summed E-state index contributed by atoms with van der Waals surface area (Å²) in [7, 11) is -3.55. The molecule has 0 radical (unpaired) electrons. The number of rotatable bonds is 6. The molecule has 0 atom stereocenters. The Hall–Kier alpha value is -1.19. The van der Waals surface area contributed by atoms with Crippen LogP contribution in [0.2, 0.25) is 0 Å². The maximum atomic E-state index is 11.9. The Morgan fingerprint density at radius 1 is 1.10 bits per heavy atom. The van der Waals surface area contributed by atoms with Crippen molar-refractivity contribution in [1.82, 2.24) is 19.2 Å². The summed E-state index contributed by atoms with van der Waals surface area (Å²) in [4.78, 5) is 26.5. The van der Waals surface area contributed by atoms with Crippen molar-refractivity contribution in [3.8, 4) is 0 Å². The number of carbonyl (C=O) groups excluding carboxylic acids is 2. The molecule has 0 aromatic heterocycles. The first kappa shape index (κ1) is 17.9. The fourth-order valence-electron chi connectivity index (χ4n) is 2.07. The first-order chi connectivity index (χ1) is 9.71. The summed E-state index contributed by atoms with van der Waals surface area (Å²) in [6.45, 7) is 7.06. The normalized spacial score (nSPS) is 16.4. The van der Waals surface area contributed by atoms with Crippen LogP contribution in [0.4, 0.5) is 0 Å². The summed E-state index contributed by atoms with van der Waals surface area (Å²) in [6.07, 6.45) is 0.110. The summed E-state index contributed by atoms with van der Waals surface area (Å²) in [5.41, 5.74) is 0. The molecule has 1 aliphatic heterocycles. The van der Waals surface area contributed by atoms with E-state index in [4.69, 9.17) is 0 Å². The molecule has 0 unspecified atom stereocenters. The van der Waals surface area contributed by atoms with Crippen molar-refractivity contribution >= 4 is 22.0 Å². The second kappa shape index (κ2) is 7.71. The number of piperazine rings is 1. The van der Waals surface area contributed by atoms with Gasteiger partial charge >= 0.3 is 0 Å². The van der Waals surface area contributed by atoms with E-state index in [1.54, 1.807) is 23.6 Å². The number of hydrogen-bond donors (Lipinski definition) is 2. The van der Waals surface area contributed by atoms with E-state index >= 15 is 0 Å². The molecule has 9 heteroatoms. The third-order valence-corrected chi connectivity index (χ3v) is 4.47. The Balaban J connectivity index is 2.31. The second-order valence-corrected chi connectivity index (χ2v) is 6.84. The van der Waals surface area contributed by atoms with E-state index in [1.165, 1.54) is 6.92 Å². The van der Waals surface area contributed by atoms with Gasteiger partial charge in [0, 0.05) is 52.1 Å². The van der Waals surface area contributed by atoms with Crippen LogP contribution in [0.25, 0.3) is 0 Å². The van der Waals surface area contributed by atoms with Gasteiger partial charge < -0.3 is 9.80 Å². The maximum Gasteiger partial charge on any atom is 0.277 e.